The summed E-state index contributed by atoms with van der Waals surface area (Å²) in [5, 5.41) is 10.8. The van der Waals surface area contributed by atoms with Crippen LogP contribution in [0.2, 0.25) is 0 Å². The average molecular weight is 372 g/mol. The maximum atomic E-state index is 11.9. The Kier molecular flexibility index (Phi) is 6.78. The Morgan fingerprint density at radius 1 is 1.26 bits per heavy atom. The molecule has 0 aromatic carbocycles. The van der Waals surface area contributed by atoms with Crippen LogP contribution < -0.4 is 5.32 Å². The highest BCUT2D eigenvalue weighted by molar-refractivity contribution is 5.91. The quantitative estimate of drug-likeness (QED) is 0.753. The molecule has 0 aliphatic carbocycles. The van der Waals surface area contributed by atoms with Crippen molar-refractivity contribution in [3.8, 4) is 0 Å². The maximum absolute atomic E-state index is 11.9. The number of nitrogens with one attached hydrogen (secondary N) is 1. The van der Waals surface area contributed by atoms with E-state index in [2.05, 4.69) is 31.5 Å². The standard InChI is InChI=1S/C19H28N6O2/c1-16(2)20-19(26)18-15-25(22-21-18)13-12-24-10-8-23(9-11-24)7-3-5-17-6-4-14-27-17/h3-6,14-16H,7-13H2,1-2H3,(H,20,26)/b5-3+. The van der Waals surface area contributed by atoms with Gasteiger partial charge in [0.15, 0.2) is 5.69 Å². The number of carbonyl (C=O) groups is 1. The van der Waals surface area contributed by atoms with E-state index in [1.54, 1.807) is 17.1 Å². The van der Waals surface area contributed by atoms with E-state index in [0.29, 0.717) is 5.69 Å². The minimum Gasteiger partial charge on any atom is -0.465 e. The second-order valence-electron chi connectivity index (χ2n) is 7.06. The average Bonchev–Trinajstić information content (AvgIpc) is 3.32. The van der Waals surface area contributed by atoms with Gasteiger partial charge in [0.1, 0.15) is 5.76 Å². The van der Waals surface area contributed by atoms with Gasteiger partial charge in [-0.15, -0.1) is 5.10 Å². The van der Waals surface area contributed by atoms with Crippen molar-refractivity contribution in [2.24, 2.45) is 0 Å². The minimum absolute atomic E-state index is 0.0906. The van der Waals surface area contributed by atoms with Crippen molar-refractivity contribution in [3.05, 3.63) is 42.1 Å². The number of furan rings is 1. The highest BCUT2D eigenvalue weighted by Crippen LogP contribution is 2.05. The number of rotatable bonds is 8. The molecule has 8 heteroatoms. The molecule has 1 N–H and O–H groups in total. The fourth-order valence-corrected chi connectivity index (χ4v) is 2.99. The molecule has 1 aliphatic heterocycles. The summed E-state index contributed by atoms with van der Waals surface area (Å²) < 4.78 is 7.04. The zero-order chi connectivity index (χ0) is 19.1. The number of hydrogen-bond donors (Lipinski definition) is 1. The van der Waals surface area contributed by atoms with E-state index in [1.165, 1.54) is 0 Å². The first kappa shape index (κ1) is 19.3. The lowest BCUT2D eigenvalue weighted by Gasteiger charge is -2.33. The number of aromatic nitrogens is 3. The van der Waals surface area contributed by atoms with Crippen molar-refractivity contribution in [2.45, 2.75) is 26.4 Å². The van der Waals surface area contributed by atoms with Crippen LogP contribution in [0.4, 0.5) is 0 Å². The van der Waals surface area contributed by atoms with Crippen LogP contribution in [0.25, 0.3) is 6.08 Å². The van der Waals surface area contributed by atoms with E-state index in [0.717, 1.165) is 51.6 Å². The van der Waals surface area contributed by atoms with Crippen molar-refractivity contribution in [1.29, 1.82) is 0 Å². The Morgan fingerprint density at radius 2 is 2.04 bits per heavy atom. The molecular formula is C19H28N6O2. The normalized spacial score (nSPS) is 16.4. The lowest BCUT2D eigenvalue weighted by Crippen LogP contribution is -2.47. The van der Waals surface area contributed by atoms with Gasteiger partial charge in [0.25, 0.3) is 5.91 Å². The molecule has 0 atom stereocenters. The number of piperazine rings is 1. The van der Waals surface area contributed by atoms with Crippen LogP contribution in [0, 0.1) is 0 Å². The molecule has 1 saturated heterocycles. The number of nitrogens with zero attached hydrogens (tertiary/aromatic N) is 5. The number of hydrogen-bond acceptors (Lipinski definition) is 6. The van der Waals surface area contributed by atoms with E-state index >= 15 is 0 Å². The third kappa shape index (κ3) is 6.04. The first-order valence-corrected chi connectivity index (χ1v) is 9.46. The molecule has 1 fully saturated rings. The maximum Gasteiger partial charge on any atom is 0.273 e. The summed E-state index contributed by atoms with van der Waals surface area (Å²) in [4.78, 5) is 16.8. The molecule has 2 aromatic heterocycles. The molecular weight excluding hydrogens is 344 g/mol. The molecule has 3 heterocycles. The summed E-state index contributed by atoms with van der Waals surface area (Å²) in [6.45, 7) is 10.6. The van der Waals surface area contributed by atoms with Crippen LogP contribution in [-0.4, -0.2) is 76.0 Å². The molecule has 0 saturated carbocycles. The van der Waals surface area contributed by atoms with Crippen LogP contribution in [0.3, 0.4) is 0 Å². The Labute approximate surface area is 159 Å². The van der Waals surface area contributed by atoms with Gasteiger partial charge in [-0.2, -0.15) is 0 Å². The van der Waals surface area contributed by atoms with Crippen molar-refractivity contribution in [3.63, 3.8) is 0 Å². The third-order valence-electron chi connectivity index (χ3n) is 4.49. The van der Waals surface area contributed by atoms with Gasteiger partial charge in [0.2, 0.25) is 0 Å². The summed E-state index contributed by atoms with van der Waals surface area (Å²) in [6, 6.07) is 3.94. The molecule has 3 rings (SSSR count). The Balaban J connectivity index is 1.36. The van der Waals surface area contributed by atoms with Crippen LogP contribution in [0.5, 0.6) is 0 Å². The third-order valence-corrected chi connectivity index (χ3v) is 4.49. The molecule has 1 amide bonds. The highest BCUT2D eigenvalue weighted by Gasteiger charge is 2.16. The Bertz CT molecular complexity index is 729. The van der Waals surface area contributed by atoms with Crippen LogP contribution in [-0.2, 0) is 6.54 Å². The van der Waals surface area contributed by atoms with E-state index < -0.39 is 0 Å². The Hall–Kier alpha value is -2.45. The lowest BCUT2D eigenvalue weighted by atomic mass is 10.3. The van der Waals surface area contributed by atoms with Crippen LogP contribution in [0.15, 0.2) is 35.1 Å². The fourth-order valence-electron chi connectivity index (χ4n) is 2.99. The molecule has 0 radical (unpaired) electrons. The van der Waals surface area contributed by atoms with E-state index in [-0.39, 0.29) is 11.9 Å². The van der Waals surface area contributed by atoms with E-state index in [1.807, 2.05) is 32.1 Å². The highest BCUT2D eigenvalue weighted by atomic mass is 16.3. The molecule has 146 valence electrons. The molecule has 0 bridgehead atoms. The first-order valence-electron chi connectivity index (χ1n) is 9.46. The first-order chi connectivity index (χ1) is 13.1. The molecule has 2 aromatic rings. The summed E-state index contributed by atoms with van der Waals surface area (Å²) in [6.07, 6.45) is 7.57. The molecule has 0 unspecified atom stereocenters. The molecule has 27 heavy (non-hydrogen) atoms. The van der Waals surface area contributed by atoms with Gasteiger partial charge >= 0.3 is 0 Å². The number of carbonyl (C=O) groups excluding carboxylic acids is 1. The van der Waals surface area contributed by atoms with Gasteiger partial charge < -0.3 is 9.73 Å². The summed E-state index contributed by atoms with van der Waals surface area (Å²) >= 11 is 0. The van der Waals surface area contributed by atoms with E-state index in [4.69, 9.17) is 4.42 Å². The van der Waals surface area contributed by atoms with Gasteiger partial charge in [-0.1, -0.05) is 11.3 Å². The topological polar surface area (TPSA) is 79.4 Å². The zero-order valence-corrected chi connectivity index (χ0v) is 16.0. The van der Waals surface area contributed by atoms with Crippen molar-refractivity contribution in [1.82, 2.24) is 30.1 Å². The fraction of sp³-hybridized carbons (Fsp3) is 0.526. The van der Waals surface area contributed by atoms with Crippen molar-refractivity contribution < 1.29 is 9.21 Å². The largest absolute Gasteiger partial charge is 0.465 e. The van der Waals surface area contributed by atoms with E-state index in [9.17, 15) is 4.79 Å². The monoisotopic (exact) mass is 372 g/mol. The summed E-state index contributed by atoms with van der Waals surface area (Å²) in [5.41, 5.74) is 0.372. The van der Waals surface area contributed by atoms with Gasteiger partial charge in [-0.05, 0) is 32.1 Å². The Morgan fingerprint density at radius 3 is 2.74 bits per heavy atom. The molecule has 1 aliphatic rings. The van der Waals surface area contributed by atoms with Gasteiger partial charge in [-0.3, -0.25) is 19.3 Å². The van der Waals surface area contributed by atoms with Crippen LogP contribution in [0.1, 0.15) is 30.1 Å². The van der Waals surface area contributed by atoms with Crippen molar-refractivity contribution >= 4 is 12.0 Å². The summed E-state index contributed by atoms with van der Waals surface area (Å²) in [7, 11) is 0. The van der Waals surface area contributed by atoms with Gasteiger partial charge in [0, 0.05) is 45.3 Å². The van der Waals surface area contributed by atoms with Crippen LogP contribution >= 0.6 is 0 Å². The number of amides is 1. The van der Waals surface area contributed by atoms with Gasteiger partial charge in [0.05, 0.1) is 19.0 Å². The van der Waals surface area contributed by atoms with Gasteiger partial charge in [-0.25, -0.2) is 0 Å². The summed E-state index contributed by atoms with van der Waals surface area (Å²) in [5.74, 6) is 0.718. The SMILES string of the molecule is CC(C)NC(=O)c1cn(CCN2CCN(C/C=C/c3ccco3)CC2)nn1. The molecule has 8 nitrogen and oxygen atoms in total. The lowest BCUT2D eigenvalue weighted by molar-refractivity contribution is 0.0938. The minimum atomic E-state index is -0.174. The zero-order valence-electron chi connectivity index (χ0n) is 16.0. The van der Waals surface area contributed by atoms with Crippen molar-refractivity contribution in [2.75, 3.05) is 39.3 Å². The predicted octanol–water partition coefficient (Wildman–Crippen LogP) is 1.34. The second-order valence-corrected chi connectivity index (χ2v) is 7.06. The smallest absolute Gasteiger partial charge is 0.273 e. The molecule has 0 spiro atoms. The predicted molar refractivity (Wildman–Crippen MR) is 103 cm³/mol. The second kappa shape index (κ2) is 9.48.